The Kier molecular flexibility index (Phi) is 10.5. The van der Waals surface area contributed by atoms with Crippen molar-refractivity contribution in [2.75, 3.05) is 40.5 Å². The predicted molar refractivity (Wildman–Crippen MR) is 149 cm³/mol. The van der Waals surface area contributed by atoms with E-state index in [0.29, 0.717) is 6.54 Å². The van der Waals surface area contributed by atoms with Crippen molar-refractivity contribution >= 4 is 34.2 Å². The topological polar surface area (TPSA) is 124 Å². The van der Waals surface area contributed by atoms with Crippen LogP contribution in [0.25, 0.3) is 0 Å². The predicted octanol–water partition coefficient (Wildman–Crippen LogP) is 2.59. The zero-order valence-corrected chi connectivity index (χ0v) is 24.2. The highest BCUT2D eigenvalue weighted by Crippen LogP contribution is 2.35. The molecule has 14 heteroatoms. The van der Waals surface area contributed by atoms with Gasteiger partial charge in [-0.15, -0.1) is 0 Å². The molecular weight excluding hydrogens is 606 g/mol. The molecule has 3 unspecified atom stereocenters. The molecule has 4 rings (SSSR count). The van der Waals surface area contributed by atoms with E-state index in [1.165, 1.54) is 13.2 Å². The first kappa shape index (κ1) is 30.6. The molecule has 1 aromatic rings. The molecule has 0 radical (unpaired) electrons. The third-order valence-electron chi connectivity index (χ3n) is 7.12. The fraction of sp³-hybridized carbons (Fsp3) is 0.444. The van der Waals surface area contributed by atoms with Gasteiger partial charge in [0.2, 0.25) is 0 Å². The van der Waals surface area contributed by atoms with Crippen molar-refractivity contribution in [1.29, 1.82) is 0 Å². The van der Waals surface area contributed by atoms with Crippen molar-refractivity contribution < 1.29 is 32.6 Å². The molecule has 4 amide bonds. The van der Waals surface area contributed by atoms with E-state index in [9.17, 15) is 23.2 Å². The van der Waals surface area contributed by atoms with Crippen molar-refractivity contribution in [2.24, 2.45) is 0 Å². The van der Waals surface area contributed by atoms with E-state index in [-0.39, 0.29) is 48.1 Å². The summed E-state index contributed by atoms with van der Waals surface area (Å²) < 4.78 is 40.0. The number of nitrogens with zero attached hydrogens (tertiary/aromatic N) is 2. The molecule has 0 spiro atoms. The van der Waals surface area contributed by atoms with Crippen molar-refractivity contribution in [3.63, 3.8) is 0 Å². The Balaban J connectivity index is 1.45. The molecule has 3 heterocycles. The lowest BCUT2D eigenvalue weighted by Gasteiger charge is -2.38. The first-order valence-corrected chi connectivity index (χ1v) is 13.8. The second-order valence-corrected chi connectivity index (χ2v) is 10.5. The minimum atomic E-state index is -1.39. The number of hydrogen-bond donors (Lipinski definition) is 4. The fourth-order valence-corrected chi connectivity index (χ4v) is 5.76. The van der Waals surface area contributed by atoms with Crippen LogP contribution in [0.5, 0.6) is 0 Å². The van der Waals surface area contributed by atoms with Crippen LogP contribution in [0.3, 0.4) is 0 Å². The number of ether oxygens (including phenoxy) is 2. The summed E-state index contributed by atoms with van der Waals surface area (Å²) in [7, 11) is 2.49. The van der Waals surface area contributed by atoms with E-state index in [2.05, 4.69) is 43.5 Å². The highest BCUT2D eigenvalue weighted by molar-refractivity contribution is 9.07. The molecule has 1 aromatic carbocycles. The molecule has 4 atom stereocenters. The first-order valence-electron chi connectivity index (χ1n) is 13.1. The van der Waals surface area contributed by atoms with Crippen LogP contribution in [0.4, 0.5) is 18.4 Å². The van der Waals surface area contributed by atoms with Gasteiger partial charge in [0.05, 0.1) is 31.0 Å². The molecule has 0 bridgehead atoms. The number of methoxy groups -OCH3 is 2. The third kappa shape index (κ3) is 7.12. The van der Waals surface area contributed by atoms with Gasteiger partial charge in [0, 0.05) is 54.6 Å². The number of carbonyl (C=O) groups is 3. The molecule has 4 N–H and O–H groups in total. The van der Waals surface area contributed by atoms with Gasteiger partial charge in [0.25, 0.3) is 0 Å². The van der Waals surface area contributed by atoms with Gasteiger partial charge in [0.15, 0.2) is 11.6 Å². The Morgan fingerprint density at radius 1 is 1.17 bits per heavy atom. The Hall–Kier alpha value is -3.33. The number of imide groups is 1. The largest absolute Gasteiger partial charge is 0.466 e. The summed E-state index contributed by atoms with van der Waals surface area (Å²) in [5.74, 6) is -3.17. The Bertz CT molecular complexity index is 1240. The average molecular weight is 639 g/mol. The van der Waals surface area contributed by atoms with Crippen molar-refractivity contribution in [1.82, 2.24) is 30.1 Å². The van der Waals surface area contributed by atoms with Gasteiger partial charge < -0.3 is 34.7 Å². The third-order valence-corrected chi connectivity index (χ3v) is 7.83. The number of halogens is 3. The molecule has 1 fully saturated rings. The number of allylic oxidation sites excluding steroid dienone is 2. The Labute approximate surface area is 245 Å². The van der Waals surface area contributed by atoms with Crippen LogP contribution < -0.4 is 21.3 Å². The number of piperidine rings is 1. The maximum atomic E-state index is 14.2. The number of esters is 1. The van der Waals surface area contributed by atoms with Crippen LogP contribution >= 0.6 is 16.1 Å². The SMILES string of the molecule is COCC1=C(C(=O)OC)[C@H](c2ccc(F)c(F)c2)N(C(=O)NCCNC2CCNC(C3C=CC=CN3Br)C2)C(=O)N1. The van der Waals surface area contributed by atoms with Gasteiger partial charge in [-0.1, -0.05) is 18.2 Å². The summed E-state index contributed by atoms with van der Waals surface area (Å²) in [5, 5.41) is 12.2. The standard InChI is InChI=1S/C27H33BrF2N6O5/c1-40-15-21-23(25(37)41-2)24(16-6-7-18(29)19(30)13-16)36(27(39)34-21)26(38)33-11-10-31-17-8-9-32-20(14-17)22-5-3-4-12-35(22)28/h3-7,12-13,17,20,22,24,31-32H,8-11,14-15H2,1-2H3,(H,33,38)(H,34,39)/t17?,20?,22?,24-/m0/s1. The fourth-order valence-electron chi connectivity index (χ4n) is 5.20. The van der Waals surface area contributed by atoms with Crippen LogP contribution in [0, 0.1) is 11.6 Å². The lowest BCUT2D eigenvalue weighted by atomic mass is 9.93. The second kappa shape index (κ2) is 14.0. The molecule has 3 aliphatic rings. The van der Waals surface area contributed by atoms with Gasteiger partial charge >= 0.3 is 18.0 Å². The zero-order chi connectivity index (χ0) is 29.5. The second-order valence-electron chi connectivity index (χ2n) is 9.72. The van der Waals surface area contributed by atoms with E-state index in [1.807, 2.05) is 22.3 Å². The Morgan fingerprint density at radius 2 is 1.98 bits per heavy atom. The number of carbonyl (C=O) groups excluding carboxylic acids is 3. The summed E-state index contributed by atoms with van der Waals surface area (Å²) in [6.07, 6.45) is 9.82. The van der Waals surface area contributed by atoms with Gasteiger partial charge in [-0.2, -0.15) is 0 Å². The normalized spacial score (nSPS) is 24.4. The number of nitrogens with one attached hydrogen (secondary N) is 4. The molecule has 1 saturated heterocycles. The van der Waals surface area contributed by atoms with Crippen LogP contribution in [0.1, 0.15) is 24.4 Å². The highest BCUT2D eigenvalue weighted by Gasteiger charge is 2.43. The summed E-state index contributed by atoms with van der Waals surface area (Å²) in [5.41, 5.74) is -0.0775. The summed E-state index contributed by atoms with van der Waals surface area (Å²) in [6.45, 7) is 1.23. The zero-order valence-electron chi connectivity index (χ0n) is 22.7. The van der Waals surface area contributed by atoms with E-state index < -0.39 is 35.7 Å². The summed E-state index contributed by atoms with van der Waals surface area (Å²) in [4.78, 5) is 40.0. The minimum absolute atomic E-state index is 0.00854. The maximum Gasteiger partial charge on any atom is 0.338 e. The van der Waals surface area contributed by atoms with Gasteiger partial charge in [-0.25, -0.2) is 28.1 Å². The molecule has 41 heavy (non-hydrogen) atoms. The molecule has 3 aliphatic heterocycles. The first-order chi connectivity index (χ1) is 19.7. The number of urea groups is 2. The lowest BCUT2D eigenvalue weighted by molar-refractivity contribution is -0.137. The minimum Gasteiger partial charge on any atom is -0.466 e. The monoisotopic (exact) mass is 638 g/mol. The molecular formula is C27H33BrF2N6O5. The molecule has 0 aliphatic carbocycles. The van der Waals surface area contributed by atoms with Crippen molar-refractivity contribution in [3.05, 3.63) is 71.1 Å². The van der Waals surface area contributed by atoms with Gasteiger partial charge in [0.1, 0.15) is 6.04 Å². The molecule has 0 aromatic heterocycles. The molecule has 0 saturated carbocycles. The number of rotatable bonds is 9. The van der Waals surface area contributed by atoms with E-state index in [4.69, 9.17) is 9.47 Å². The van der Waals surface area contributed by atoms with E-state index in [1.54, 1.807) is 0 Å². The smallest absolute Gasteiger partial charge is 0.338 e. The van der Waals surface area contributed by atoms with Crippen LogP contribution in [0.2, 0.25) is 0 Å². The van der Waals surface area contributed by atoms with Crippen LogP contribution in [-0.4, -0.2) is 85.4 Å². The molecule has 11 nitrogen and oxygen atoms in total. The quantitative estimate of drug-likeness (QED) is 0.185. The van der Waals surface area contributed by atoms with Crippen molar-refractivity contribution in [3.8, 4) is 0 Å². The number of benzene rings is 1. The van der Waals surface area contributed by atoms with E-state index >= 15 is 0 Å². The summed E-state index contributed by atoms with van der Waals surface area (Å²) in [6, 6.07) is 0.418. The lowest BCUT2D eigenvalue weighted by Crippen LogP contribution is -2.56. The van der Waals surface area contributed by atoms with Gasteiger partial charge in [-0.3, -0.25) is 0 Å². The van der Waals surface area contributed by atoms with Crippen LogP contribution in [-0.2, 0) is 14.3 Å². The highest BCUT2D eigenvalue weighted by atomic mass is 79.9. The Morgan fingerprint density at radius 3 is 2.68 bits per heavy atom. The summed E-state index contributed by atoms with van der Waals surface area (Å²) >= 11 is 3.56. The van der Waals surface area contributed by atoms with Crippen LogP contribution in [0.15, 0.2) is 53.9 Å². The maximum absolute atomic E-state index is 14.2. The molecule has 222 valence electrons. The van der Waals surface area contributed by atoms with Crippen molar-refractivity contribution in [2.45, 2.75) is 37.0 Å². The number of amides is 4. The number of hydrogen-bond acceptors (Lipinski definition) is 8. The van der Waals surface area contributed by atoms with E-state index in [0.717, 1.165) is 43.5 Å². The average Bonchev–Trinajstić information content (AvgIpc) is 2.96. The van der Waals surface area contributed by atoms with Gasteiger partial charge in [-0.05, 0) is 43.2 Å².